The van der Waals surface area contributed by atoms with Gasteiger partial charge in [0.2, 0.25) is 0 Å². The summed E-state index contributed by atoms with van der Waals surface area (Å²) in [7, 11) is 3.59. The number of hydrogen-bond donors (Lipinski definition) is 0. The number of nitrogens with zero attached hydrogens (tertiary/aromatic N) is 5. The zero-order valence-corrected chi connectivity index (χ0v) is 17.3. The maximum atomic E-state index is 12.6. The number of ether oxygens (including phenoxy) is 1. The maximum absolute atomic E-state index is 12.6. The van der Waals surface area contributed by atoms with Gasteiger partial charge >= 0.3 is 0 Å². The largest absolute Gasteiger partial charge is 0.364 e. The van der Waals surface area contributed by atoms with Gasteiger partial charge in [-0.15, -0.1) is 0 Å². The predicted molar refractivity (Wildman–Crippen MR) is 116 cm³/mol. The zero-order valence-electron chi connectivity index (χ0n) is 17.3. The molecule has 1 aromatic heterocycles. The van der Waals surface area contributed by atoms with Crippen LogP contribution in [0.1, 0.15) is 26.3 Å². The number of aromatic nitrogens is 2. The van der Waals surface area contributed by atoms with Crippen molar-refractivity contribution in [3.8, 4) is 0 Å². The average molecular weight is 415 g/mol. The van der Waals surface area contributed by atoms with E-state index in [4.69, 9.17) is 4.74 Å². The molecule has 2 aromatic carbocycles. The monoisotopic (exact) mass is 415 g/mol. The van der Waals surface area contributed by atoms with Crippen LogP contribution in [0.5, 0.6) is 0 Å². The van der Waals surface area contributed by atoms with E-state index in [0.29, 0.717) is 30.8 Å². The molecule has 8 nitrogen and oxygen atoms in total. The molecule has 31 heavy (non-hydrogen) atoms. The van der Waals surface area contributed by atoms with Gasteiger partial charge in [-0.2, -0.15) is 0 Å². The molecule has 2 aliphatic rings. The highest BCUT2D eigenvalue weighted by Crippen LogP contribution is 2.45. The number of carbonyl (C=O) groups excluding carboxylic acids is 2. The lowest BCUT2D eigenvalue weighted by atomic mass is 10.1. The van der Waals surface area contributed by atoms with E-state index < -0.39 is 0 Å². The molecule has 0 radical (unpaired) electrons. The molecule has 0 spiro atoms. The van der Waals surface area contributed by atoms with Crippen LogP contribution in [-0.4, -0.2) is 54.1 Å². The van der Waals surface area contributed by atoms with Crippen molar-refractivity contribution in [1.29, 1.82) is 0 Å². The summed E-state index contributed by atoms with van der Waals surface area (Å²) in [6.45, 7) is 0.649. The number of hydrogen-bond acceptors (Lipinski definition) is 7. The predicted octanol–water partition coefficient (Wildman–Crippen LogP) is 3.14. The van der Waals surface area contributed by atoms with Crippen molar-refractivity contribution in [2.45, 2.75) is 6.42 Å². The van der Waals surface area contributed by atoms with Crippen molar-refractivity contribution < 1.29 is 14.3 Å². The Morgan fingerprint density at radius 2 is 1.55 bits per heavy atom. The van der Waals surface area contributed by atoms with Gasteiger partial charge in [-0.1, -0.05) is 18.2 Å². The molecule has 0 saturated heterocycles. The van der Waals surface area contributed by atoms with E-state index >= 15 is 0 Å². The summed E-state index contributed by atoms with van der Waals surface area (Å²) >= 11 is 0. The van der Waals surface area contributed by atoms with E-state index in [1.807, 2.05) is 29.0 Å². The van der Waals surface area contributed by atoms with Gasteiger partial charge in [-0.3, -0.25) is 19.4 Å². The summed E-state index contributed by atoms with van der Waals surface area (Å²) in [5.74, 6) is 1.01. The molecule has 0 N–H and O–H groups in total. The fourth-order valence-electron chi connectivity index (χ4n) is 4.15. The van der Waals surface area contributed by atoms with Crippen molar-refractivity contribution in [2.24, 2.45) is 0 Å². The third-order valence-corrected chi connectivity index (χ3v) is 5.69. The Morgan fingerprint density at radius 1 is 0.871 bits per heavy atom. The highest BCUT2D eigenvalue weighted by atomic mass is 16.5. The van der Waals surface area contributed by atoms with Crippen LogP contribution < -0.4 is 9.80 Å². The lowest BCUT2D eigenvalue weighted by molar-refractivity contribution is 0.0656. The van der Waals surface area contributed by atoms with E-state index in [2.05, 4.69) is 16.0 Å². The number of amides is 2. The fraction of sp³-hybridized carbons (Fsp3) is 0.217. The Labute approximate surface area is 179 Å². The Bertz CT molecular complexity index is 1160. The maximum Gasteiger partial charge on any atom is 0.261 e. The summed E-state index contributed by atoms with van der Waals surface area (Å²) < 4.78 is 5.42. The number of benzene rings is 2. The highest BCUT2D eigenvalue weighted by molar-refractivity contribution is 6.21. The summed E-state index contributed by atoms with van der Waals surface area (Å²) in [6, 6.07) is 13.0. The number of carbonyl (C=O) groups is 2. The second-order valence-corrected chi connectivity index (χ2v) is 7.49. The second kappa shape index (κ2) is 7.48. The molecule has 2 amide bonds. The van der Waals surface area contributed by atoms with Crippen molar-refractivity contribution in [1.82, 2.24) is 14.9 Å². The number of rotatable bonds is 5. The molecule has 0 bridgehead atoms. The molecule has 8 heteroatoms. The number of methoxy groups -OCH3 is 1. The Balaban J connectivity index is 1.42. The van der Waals surface area contributed by atoms with Crippen LogP contribution in [0, 0.1) is 0 Å². The van der Waals surface area contributed by atoms with E-state index in [1.54, 1.807) is 43.8 Å². The molecular weight excluding hydrogens is 394 g/mol. The topological polar surface area (TPSA) is 78.9 Å². The van der Waals surface area contributed by atoms with Gasteiger partial charge in [0.1, 0.15) is 6.73 Å². The standard InChI is InChI=1S/C23H21N5O3/c1-26-18-8-7-15(9-12-27-22(29)16-5-3-4-6-17(16)23(27)30)13-19(18)28(14-31-2)21-20(26)24-10-11-25-21/h3-8,10-11,13H,9,12,14H2,1-2H3. The molecule has 0 atom stereocenters. The van der Waals surface area contributed by atoms with Gasteiger partial charge in [0, 0.05) is 33.1 Å². The molecule has 0 fully saturated rings. The van der Waals surface area contributed by atoms with Crippen molar-refractivity contribution in [2.75, 3.05) is 37.2 Å². The number of imide groups is 1. The van der Waals surface area contributed by atoms with E-state index in [0.717, 1.165) is 28.6 Å². The van der Waals surface area contributed by atoms with Crippen LogP contribution in [0.4, 0.5) is 23.0 Å². The van der Waals surface area contributed by atoms with Gasteiger partial charge in [-0.25, -0.2) is 9.97 Å². The van der Waals surface area contributed by atoms with Crippen molar-refractivity contribution >= 4 is 34.8 Å². The third kappa shape index (κ3) is 3.03. The van der Waals surface area contributed by atoms with Crippen LogP contribution in [0.2, 0.25) is 0 Å². The molecule has 0 saturated carbocycles. The van der Waals surface area contributed by atoms with Crippen LogP contribution in [-0.2, 0) is 11.2 Å². The normalized spacial score (nSPS) is 14.6. The Morgan fingerprint density at radius 3 is 2.23 bits per heavy atom. The first-order chi connectivity index (χ1) is 15.1. The first-order valence-corrected chi connectivity index (χ1v) is 9.99. The van der Waals surface area contributed by atoms with Gasteiger partial charge in [0.15, 0.2) is 11.6 Å². The van der Waals surface area contributed by atoms with Gasteiger partial charge in [-0.05, 0) is 36.2 Å². The lowest BCUT2D eigenvalue weighted by Crippen LogP contribution is -2.32. The van der Waals surface area contributed by atoms with Gasteiger partial charge < -0.3 is 9.64 Å². The van der Waals surface area contributed by atoms with Crippen LogP contribution >= 0.6 is 0 Å². The van der Waals surface area contributed by atoms with E-state index in [-0.39, 0.29) is 11.8 Å². The summed E-state index contributed by atoms with van der Waals surface area (Å²) in [4.78, 5) is 39.5. The molecule has 3 heterocycles. The SMILES string of the molecule is COCN1c2cc(CCN3C(=O)c4ccccc4C3=O)ccc2N(C)c2nccnc21. The zero-order chi connectivity index (χ0) is 21.5. The number of anilines is 4. The van der Waals surface area contributed by atoms with E-state index in [1.165, 1.54) is 4.90 Å². The smallest absolute Gasteiger partial charge is 0.261 e. The fourth-order valence-corrected chi connectivity index (χ4v) is 4.15. The Kier molecular flexibility index (Phi) is 4.63. The van der Waals surface area contributed by atoms with Crippen LogP contribution in [0.25, 0.3) is 0 Å². The van der Waals surface area contributed by atoms with E-state index in [9.17, 15) is 9.59 Å². The summed E-state index contributed by atoms with van der Waals surface area (Å²) in [5, 5.41) is 0. The molecule has 156 valence electrons. The highest BCUT2D eigenvalue weighted by Gasteiger charge is 2.35. The summed E-state index contributed by atoms with van der Waals surface area (Å²) in [5.41, 5.74) is 3.88. The first-order valence-electron chi connectivity index (χ1n) is 9.99. The quantitative estimate of drug-likeness (QED) is 0.593. The van der Waals surface area contributed by atoms with Crippen LogP contribution in [0.3, 0.4) is 0 Å². The van der Waals surface area contributed by atoms with Gasteiger partial charge in [0.05, 0.1) is 22.5 Å². The van der Waals surface area contributed by atoms with Crippen molar-refractivity contribution in [3.63, 3.8) is 0 Å². The molecule has 2 aliphatic heterocycles. The molecular formula is C23H21N5O3. The van der Waals surface area contributed by atoms with Crippen molar-refractivity contribution in [3.05, 3.63) is 71.5 Å². The third-order valence-electron chi connectivity index (χ3n) is 5.69. The van der Waals surface area contributed by atoms with Gasteiger partial charge in [0.25, 0.3) is 11.8 Å². The Hall–Kier alpha value is -3.78. The minimum absolute atomic E-state index is 0.233. The molecule has 3 aromatic rings. The molecule has 0 aliphatic carbocycles. The minimum atomic E-state index is -0.233. The average Bonchev–Trinajstić information content (AvgIpc) is 3.05. The minimum Gasteiger partial charge on any atom is -0.364 e. The first kappa shape index (κ1) is 19.2. The lowest BCUT2D eigenvalue weighted by Gasteiger charge is -2.36. The van der Waals surface area contributed by atoms with Crippen LogP contribution in [0.15, 0.2) is 54.9 Å². The number of fused-ring (bicyclic) bond motifs is 3. The molecule has 5 rings (SSSR count). The molecule has 0 unspecified atom stereocenters. The summed E-state index contributed by atoms with van der Waals surface area (Å²) in [6.07, 6.45) is 3.88. The second-order valence-electron chi connectivity index (χ2n) is 7.49.